The molecule has 0 bridgehead atoms. The van der Waals surface area contributed by atoms with E-state index in [2.05, 4.69) is 4.98 Å². The first-order valence-electron chi connectivity index (χ1n) is 4.93. The van der Waals surface area contributed by atoms with Crippen LogP contribution in [0.3, 0.4) is 0 Å². The molecule has 86 valence electrons. The van der Waals surface area contributed by atoms with Crippen LogP contribution >= 0.6 is 0 Å². The molecule has 0 unspecified atom stereocenters. The number of aryl methyl sites for hydroxylation is 1. The van der Waals surface area contributed by atoms with Crippen LogP contribution in [0, 0.1) is 29.9 Å². The second-order valence-electron chi connectivity index (χ2n) is 3.65. The molecule has 0 spiro atoms. The predicted octanol–water partition coefficient (Wildman–Crippen LogP) is 2.55. The monoisotopic (exact) mass is 233 g/mol. The van der Waals surface area contributed by atoms with Crippen molar-refractivity contribution in [2.75, 3.05) is 0 Å². The Morgan fingerprint density at radius 3 is 2.65 bits per heavy atom. The summed E-state index contributed by atoms with van der Waals surface area (Å²) in [6, 6.07) is 5.16. The largest absolute Gasteiger partial charge is 0.330 e. The molecule has 17 heavy (non-hydrogen) atoms. The molecule has 0 atom stereocenters. The van der Waals surface area contributed by atoms with Crippen molar-refractivity contribution in [2.45, 2.75) is 6.92 Å². The summed E-state index contributed by atoms with van der Waals surface area (Å²) < 4.78 is 28.1. The van der Waals surface area contributed by atoms with Crippen LogP contribution in [0.25, 0.3) is 11.3 Å². The first kappa shape index (κ1) is 11.3. The molecule has 0 aliphatic carbocycles. The quantitative estimate of drug-likeness (QED) is 0.759. The lowest BCUT2D eigenvalue weighted by atomic mass is 10.1. The van der Waals surface area contributed by atoms with E-state index in [-0.39, 0.29) is 11.3 Å². The zero-order valence-electron chi connectivity index (χ0n) is 9.33. The normalized spacial score (nSPS) is 10.3. The average molecular weight is 233 g/mol. The van der Waals surface area contributed by atoms with Gasteiger partial charge in [0.1, 0.15) is 23.5 Å². The van der Waals surface area contributed by atoms with E-state index >= 15 is 0 Å². The van der Waals surface area contributed by atoms with Crippen molar-refractivity contribution >= 4 is 0 Å². The lowest BCUT2D eigenvalue weighted by Gasteiger charge is -2.05. The van der Waals surface area contributed by atoms with E-state index < -0.39 is 11.6 Å². The van der Waals surface area contributed by atoms with Gasteiger partial charge < -0.3 is 4.57 Å². The molecule has 0 aliphatic heterocycles. The van der Waals surface area contributed by atoms with E-state index in [1.165, 1.54) is 6.07 Å². The fraction of sp³-hybridized carbons (Fsp3) is 0.167. The maximum absolute atomic E-state index is 13.7. The van der Waals surface area contributed by atoms with Crippen molar-refractivity contribution in [2.24, 2.45) is 7.05 Å². The SMILES string of the molecule is Cc1nc(C#N)c(-c2ccc(F)cc2F)n1C. The Bertz CT molecular complexity index is 623. The summed E-state index contributed by atoms with van der Waals surface area (Å²) in [6.45, 7) is 1.71. The van der Waals surface area contributed by atoms with Crippen LogP contribution in [0.4, 0.5) is 8.78 Å². The molecule has 3 nitrogen and oxygen atoms in total. The Hall–Kier alpha value is -2.22. The standard InChI is InChI=1S/C12H9F2N3/c1-7-16-11(6-15)12(17(7)2)9-4-3-8(13)5-10(9)14/h3-5H,1-2H3. The van der Waals surface area contributed by atoms with Crippen LogP contribution < -0.4 is 0 Å². The van der Waals surface area contributed by atoms with Crippen molar-refractivity contribution in [1.82, 2.24) is 9.55 Å². The molecule has 5 heteroatoms. The van der Waals surface area contributed by atoms with Crippen LogP contribution in [0.5, 0.6) is 0 Å². The summed E-state index contributed by atoms with van der Waals surface area (Å²) in [4.78, 5) is 4.01. The highest BCUT2D eigenvalue weighted by Gasteiger charge is 2.17. The summed E-state index contributed by atoms with van der Waals surface area (Å²) in [5, 5.41) is 8.94. The van der Waals surface area contributed by atoms with E-state index in [0.29, 0.717) is 11.5 Å². The third-order valence-corrected chi connectivity index (χ3v) is 2.61. The molecule has 1 heterocycles. The molecule has 0 aliphatic rings. The third kappa shape index (κ3) is 1.78. The summed E-state index contributed by atoms with van der Waals surface area (Å²) in [5.41, 5.74) is 0.670. The Kier molecular flexibility index (Phi) is 2.64. The summed E-state index contributed by atoms with van der Waals surface area (Å²) in [7, 11) is 1.68. The lowest BCUT2D eigenvalue weighted by molar-refractivity contribution is 0.584. The maximum atomic E-state index is 13.7. The number of hydrogen-bond acceptors (Lipinski definition) is 2. The number of nitrogens with zero attached hydrogens (tertiary/aromatic N) is 3. The van der Waals surface area contributed by atoms with Gasteiger partial charge in [-0.15, -0.1) is 0 Å². The van der Waals surface area contributed by atoms with Crippen LogP contribution in [0.2, 0.25) is 0 Å². The number of aromatic nitrogens is 2. The van der Waals surface area contributed by atoms with E-state index in [1.807, 2.05) is 6.07 Å². The van der Waals surface area contributed by atoms with E-state index in [0.717, 1.165) is 12.1 Å². The molecule has 1 aromatic heterocycles. The molecule has 2 rings (SSSR count). The molecule has 0 saturated carbocycles. The van der Waals surface area contributed by atoms with E-state index in [9.17, 15) is 8.78 Å². The number of benzene rings is 1. The minimum absolute atomic E-state index is 0.135. The van der Waals surface area contributed by atoms with Crippen LogP contribution in [-0.4, -0.2) is 9.55 Å². The number of halogens is 2. The molecule has 0 radical (unpaired) electrons. The smallest absolute Gasteiger partial charge is 0.166 e. The molecule has 0 amide bonds. The second kappa shape index (κ2) is 3.98. The zero-order valence-corrected chi connectivity index (χ0v) is 9.33. The summed E-state index contributed by atoms with van der Waals surface area (Å²) in [5.74, 6) is -0.756. The topological polar surface area (TPSA) is 41.6 Å². The van der Waals surface area contributed by atoms with Gasteiger partial charge in [-0.05, 0) is 19.1 Å². The number of nitriles is 1. The first-order valence-corrected chi connectivity index (χ1v) is 4.93. The summed E-state index contributed by atoms with van der Waals surface area (Å²) in [6.07, 6.45) is 0. The number of rotatable bonds is 1. The van der Waals surface area contributed by atoms with Crippen molar-refractivity contribution in [3.05, 3.63) is 41.4 Å². The second-order valence-corrected chi connectivity index (χ2v) is 3.65. The van der Waals surface area contributed by atoms with Crippen molar-refractivity contribution in [3.63, 3.8) is 0 Å². The van der Waals surface area contributed by atoms with Gasteiger partial charge in [0.25, 0.3) is 0 Å². The highest BCUT2D eigenvalue weighted by Crippen LogP contribution is 2.26. The van der Waals surface area contributed by atoms with Gasteiger partial charge in [-0.25, -0.2) is 13.8 Å². The van der Waals surface area contributed by atoms with Gasteiger partial charge >= 0.3 is 0 Å². The number of hydrogen-bond donors (Lipinski definition) is 0. The summed E-state index contributed by atoms with van der Waals surface area (Å²) >= 11 is 0. The van der Waals surface area contributed by atoms with Crippen molar-refractivity contribution in [3.8, 4) is 17.3 Å². The molecule has 0 N–H and O–H groups in total. The van der Waals surface area contributed by atoms with Gasteiger partial charge in [0.2, 0.25) is 0 Å². The fourth-order valence-corrected chi connectivity index (χ4v) is 1.68. The minimum atomic E-state index is -0.704. The van der Waals surface area contributed by atoms with Gasteiger partial charge in [-0.3, -0.25) is 0 Å². The Morgan fingerprint density at radius 1 is 1.35 bits per heavy atom. The average Bonchev–Trinajstić information content (AvgIpc) is 2.56. The first-order chi connectivity index (χ1) is 8.04. The Labute approximate surface area is 96.9 Å². The van der Waals surface area contributed by atoms with Gasteiger partial charge in [-0.1, -0.05) is 0 Å². The molecule has 0 fully saturated rings. The van der Waals surface area contributed by atoms with Crippen LogP contribution in [-0.2, 0) is 7.05 Å². The third-order valence-electron chi connectivity index (χ3n) is 2.61. The lowest BCUT2D eigenvalue weighted by Crippen LogP contribution is -1.97. The van der Waals surface area contributed by atoms with Crippen LogP contribution in [0.1, 0.15) is 11.5 Å². The van der Waals surface area contributed by atoms with Crippen LogP contribution in [0.15, 0.2) is 18.2 Å². The maximum Gasteiger partial charge on any atom is 0.166 e. The highest BCUT2D eigenvalue weighted by molar-refractivity contribution is 5.66. The Balaban J connectivity index is 2.73. The number of imidazole rings is 1. The molecule has 1 aromatic carbocycles. The predicted molar refractivity (Wildman–Crippen MR) is 58.0 cm³/mol. The van der Waals surface area contributed by atoms with Gasteiger partial charge in [0.15, 0.2) is 5.69 Å². The fourth-order valence-electron chi connectivity index (χ4n) is 1.68. The van der Waals surface area contributed by atoms with Gasteiger partial charge in [-0.2, -0.15) is 5.26 Å². The van der Waals surface area contributed by atoms with Gasteiger partial charge in [0.05, 0.1) is 5.69 Å². The molecular formula is C12H9F2N3. The van der Waals surface area contributed by atoms with Crippen molar-refractivity contribution < 1.29 is 8.78 Å². The molecular weight excluding hydrogens is 224 g/mol. The zero-order chi connectivity index (χ0) is 12.6. The van der Waals surface area contributed by atoms with Gasteiger partial charge in [0, 0.05) is 18.7 Å². The highest BCUT2D eigenvalue weighted by atomic mass is 19.1. The molecule has 2 aromatic rings. The van der Waals surface area contributed by atoms with E-state index in [1.54, 1.807) is 18.5 Å². The Morgan fingerprint density at radius 2 is 2.06 bits per heavy atom. The van der Waals surface area contributed by atoms with Crippen molar-refractivity contribution in [1.29, 1.82) is 5.26 Å². The minimum Gasteiger partial charge on any atom is -0.330 e. The molecule has 0 saturated heterocycles. The van der Waals surface area contributed by atoms with E-state index in [4.69, 9.17) is 5.26 Å².